The second-order valence-electron chi connectivity index (χ2n) is 23.5. The fourth-order valence-corrected chi connectivity index (χ4v) is 16.3. The van der Waals surface area contributed by atoms with Gasteiger partial charge in [-0.25, -0.2) is 0 Å². The molecule has 0 amide bonds. The molecule has 1 spiro atoms. The van der Waals surface area contributed by atoms with Gasteiger partial charge in [-0.05, 0) is 163 Å². The van der Waals surface area contributed by atoms with Crippen molar-refractivity contribution in [2.24, 2.45) is 0 Å². The van der Waals surface area contributed by atoms with Crippen LogP contribution in [-0.2, 0) is 5.41 Å². The van der Waals surface area contributed by atoms with E-state index in [9.17, 15) is 0 Å². The summed E-state index contributed by atoms with van der Waals surface area (Å²) in [6.07, 6.45) is 0. The van der Waals surface area contributed by atoms with Gasteiger partial charge >= 0.3 is 0 Å². The summed E-state index contributed by atoms with van der Waals surface area (Å²) in [7, 11) is 0. The van der Waals surface area contributed by atoms with Gasteiger partial charge in [-0.1, -0.05) is 243 Å². The van der Waals surface area contributed by atoms with Crippen molar-refractivity contribution in [3.63, 3.8) is 0 Å². The Hall–Kier alpha value is -11.3. The fourth-order valence-electron chi connectivity index (χ4n) is 15.0. The number of hydrogen-bond donors (Lipinski definition) is 0. The summed E-state index contributed by atoms with van der Waals surface area (Å²) >= 11 is 1.90. The highest BCUT2D eigenvalue weighted by atomic mass is 32.1. The summed E-state index contributed by atoms with van der Waals surface area (Å²) < 4.78 is 5.01. The van der Waals surface area contributed by atoms with Crippen LogP contribution in [0.15, 0.2) is 334 Å². The largest absolute Gasteiger partial charge is 0.310 e. The molecule has 0 unspecified atom stereocenters. The first-order valence-corrected chi connectivity index (χ1v) is 31.5. The van der Waals surface area contributed by atoms with Crippen LogP contribution >= 0.6 is 11.3 Å². The van der Waals surface area contributed by atoms with Gasteiger partial charge in [0.2, 0.25) is 0 Å². The first-order chi connectivity index (χ1) is 44.2. The van der Waals surface area contributed by atoms with Gasteiger partial charge in [-0.15, -0.1) is 11.3 Å². The van der Waals surface area contributed by atoms with Crippen molar-refractivity contribution in [2.75, 3.05) is 9.80 Å². The van der Waals surface area contributed by atoms with E-state index in [4.69, 9.17) is 0 Å². The average molecular weight is 1150 g/mol. The highest BCUT2D eigenvalue weighted by molar-refractivity contribution is 7.26. The Kier molecular flexibility index (Phi) is 11.7. The first kappa shape index (κ1) is 51.0. The van der Waals surface area contributed by atoms with E-state index in [0.29, 0.717) is 0 Å². The molecule has 2 aromatic heterocycles. The molecule has 4 heteroatoms. The molecule has 18 rings (SSSR count). The third-order valence-corrected chi connectivity index (χ3v) is 19.9. The van der Waals surface area contributed by atoms with Crippen molar-refractivity contribution in [3.8, 4) is 61.3 Å². The molecule has 89 heavy (non-hydrogen) atoms. The maximum absolute atomic E-state index is 2.56. The lowest BCUT2D eigenvalue weighted by Crippen LogP contribution is -2.26. The Balaban J connectivity index is 0.960. The van der Waals surface area contributed by atoms with Crippen LogP contribution in [0.2, 0.25) is 0 Å². The second kappa shape index (κ2) is 20.4. The Morgan fingerprint density at radius 3 is 1.40 bits per heavy atom. The first-order valence-electron chi connectivity index (χ1n) is 30.6. The van der Waals surface area contributed by atoms with Gasteiger partial charge in [0.15, 0.2) is 0 Å². The zero-order chi connectivity index (χ0) is 58.6. The van der Waals surface area contributed by atoms with Crippen LogP contribution in [0.3, 0.4) is 0 Å². The molecule has 416 valence electrons. The second-order valence-corrected chi connectivity index (χ2v) is 24.5. The molecule has 0 fully saturated rings. The number of benzene rings is 14. The molecular formula is C85H55N3S. The Morgan fingerprint density at radius 1 is 0.292 bits per heavy atom. The van der Waals surface area contributed by atoms with Crippen LogP contribution in [0.1, 0.15) is 22.3 Å². The SMILES string of the molecule is c1ccc(-c2ccc(N(c3ccccc3)c3cc(-c4cc5c6ccccc6n(-c6ccccc6)c5c5sc6ccccc6c45)cc(N(c4ccc(-c5ccccc5)cc4)c4cccc5c4-c4ccccc4C54c5ccccc5-c5ccccc54)c3)cc2)cc1. The van der Waals surface area contributed by atoms with Crippen LogP contribution in [0, 0.1) is 0 Å². The molecule has 2 heterocycles. The number of para-hydroxylation sites is 3. The standard InChI is InChI=1S/C85H55N3S/c1-5-24-56(25-6-1)58-44-48-63(49-45-58)86(61-28-9-3-10-29-61)65-52-60(72-55-73-69-34-16-21-41-78(69)88(62-30-11-4-12-31-62)83(73)84-81(72)71-36-17-22-43-80(71)89-84)53-66(54-65)87(64-50-46-59(47-51-64)57-26-7-2-8-27-57)79-42-23-40-77-82(79)70-35-15-20-39-76(70)85(77)74-37-18-13-32-67(74)68-33-14-19-38-75(68)85/h1-55H. The van der Waals surface area contributed by atoms with E-state index in [-0.39, 0.29) is 0 Å². The number of rotatable bonds is 10. The Bertz CT molecular complexity index is 5370. The van der Waals surface area contributed by atoms with Crippen molar-refractivity contribution < 1.29 is 0 Å². The van der Waals surface area contributed by atoms with E-state index in [0.717, 1.165) is 50.9 Å². The minimum absolute atomic E-state index is 0.541. The number of anilines is 6. The molecule has 0 N–H and O–H groups in total. The summed E-state index contributed by atoms with van der Waals surface area (Å²) in [5.41, 5.74) is 26.6. The zero-order valence-corrected chi connectivity index (χ0v) is 49.3. The lowest BCUT2D eigenvalue weighted by Gasteiger charge is -2.33. The van der Waals surface area contributed by atoms with Crippen LogP contribution in [0.4, 0.5) is 34.1 Å². The van der Waals surface area contributed by atoms with E-state index >= 15 is 0 Å². The van der Waals surface area contributed by atoms with Crippen molar-refractivity contribution >= 4 is 87.4 Å². The Morgan fingerprint density at radius 2 is 0.764 bits per heavy atom. The molecule has 0 saturated heterocycles. The topological polar surface area (TPSA) is 11.4 Å². The molecule has 0 aliphatic heterocycles. The lowest BCUT2D eigenvalue weighted by molar-refractivity contribution is 0.794. The van der Waals surface area contributed by atoms with E-state index < -0.39 is 5.41 Å². The third-order valence-electron chi connectivity index (χ3n) is 18.7. The number of thiophene rings is 1. The predicted octanol–water partition coefficient (Wildman–Crippen LogP) is 23.4. The lowest BCUT2D eigenvalue weighted by atomic mass is 9.70. The van der Waals surface area contributed by atoms with Gasteiger partial charge < -0.3 is 14.4 Å². The van der Waals surface area contributed by atoms with Crippen LogP contribution < -0.4 is 9.80 Å². The highest BCUT2D eigenvalue weighted by Crippen LogP contribution is 2.65. The van der Waals surface area contributed by atoms with Crippen LogP contribution in [-0.4, -0.2) is 4.57 Å². The van der Waals surface area contributed by atoms with E-state index in [1.165, 1.54) is 109 Å². The van der Waals surface area contributed by atoms with Gasteiger partial charge in [0.1, 0.15) is 0 Å². The minimum atomic E-state index is -0.541. The van der Waals surface area contributed by atoms with Gasteiger partial charge in [0, 0.05) is 65.9 Å². The maximum Gasteiger partial charge on any atom is 0.0726 e. The zero-order valence-electron chi connectivity index (χ0n) is 48.5. The Labute approximate surface area is 521 Å². The molecular weight excluding hydrogens is 1100 g/mol. The quantitative estimate of drug-likeness (QED) is 0.135. The average Bonchev–Trinajstić information content (AvgIpc) is 1.53. The van der Waals surface area contributed by atoms with Gasteiger partial charge in [0.25, 0.3) is 0 Å². The van der Waals surface area contributed by atoms with Crippen molar-refractivity contribution in [3.05, 3.63) is 356 Å². The van der Waals surface area contributed by atoms with E-state index in [1.807, 2.05) is 11.3 Å². The molecule has 2 aliphatic carbocycles. The molecule has 14 aromatic carbocycles. The predicted molar refractivity (Wildman–Crippen MR) is 376 cm³/mol. The molecule has 0 bridgehead atoms. The monoisotopic (exact) mass is 1150 g/mol. The van der Waals surface area contributed by atoms with E-state index in [2.05, 4.69) is 348 Å². The van der Waals surface area contributed by atoms with Crippen molar-refractivity contribution in [1.82, 2.24) is 4.57 Å². The maximum atomic E-state index is 2.56. The molecule has 2 aliphatic rings. The van der Waals surface area contributed by atoms with Crippen molar-refractivity contribution in [1.29, 1.82) is 0 Å². The van der Waals surface area contributed by atoms with Gasteiger partial charge in [-0.2, -0.15) is 0 Å². The minimum Gasteiger partial charge on any atom is -0.310 e. The van der Waals surface area contributed by atoms with Crippen LogP contribution in [0.5, 0.6) is 0 Å². The van der Waals surface area contributed by atoms with Gasteiger partial charge in [-0.3, -0.25) is 0 Å². The summed E-state index contributed by atoms with van der Waals surface area (Å²) in [6, 6.07) is 124. The summed E-state index contributed by atoms with van der Waals surface area (Å²) in [6.45, 7) is 0. The smallest absolute Gasteiger partial charge is 0.0726 e. The molecule has 3 nitrogen and oxygen atoms in total. The molecule has 16 aromatic rings. The molecule has 0 atom stereocenters. The number of nitrogens with zero attached hydrogens (tertiary/aromatic N) is 3. The van der Waals surface area contributed by atoms with Gasteiger partial charge in [0.05, 0.1) is 26.8 Å². The van der Waals surface area contributed by atoms with Crippen molar-refractivity contribution in [2.45, 2.75) is 5.41 Å². The fraction of sp³-hybridized carbons (Fsp3) is 0.0118. The van der Waals surface area contributed by atoms with Crippen LogP contribution in [0.25, 0.3) is 103 Å². The molecule has 0 radical (unpaired) electrons. The summed E-state index contributed by atoms with van der Waals surface area (Å²) in [5.74, 6) is 0. The highest BCUT2D eigenvalue weighted by Gasteiger charge is 2.52. The summed E-state index contributed by atoms with van der Waals surface area (Å²) in [4.78, 5) is 5.01. The summed E-state index contributed by atoms with van der Waals surface area (Å²) in [5, 5.41) is 4.92. The third kappa shape index (κ3) is 7.84. The number of fused-ring (bicyclic) bond motifs is 17. The number of aromatic nitrogens is 1. The molecule has 0 saturated carbocycles. The normalized spacial score (nSPS) is 12.6. The number of hydrogen-bond acceptors (Lipinski definition) is 3. The van der Waals surface area contributed by atoms with E-state index in [1.54, 1.807) is 0 Å².